The first kappa shape index (κ1) is 17.7. The van der Waals surface area contributed by atoms with Gasteiger partial charge in [0.15, 0.2) is 0 Å². The maximum Gasteiger partial charge on any atom is 0.230 e. The third kappa shape index (κ3) is 2.91. The summed E-state index contributed by atoms with van der Waals surface area (Å²) in [5.41, 5.74) is 0.0995. The molecular formula is C18H23N5O4. The molecule has 3 amide bonds. The highest BCUT2D eigenvalue weighted by Gasteiger charge is 2.66. The average Bonchev–Trinajstić information content (AvgIpc) is 3.37. The van der Waals surface area contributed by atoms with Crippen molar-refractivity contribution < 1.29 is 19.1 Å². The Morgan fingerprint density at radius 3 is 3.04 bits per heavy atom. The Morgan fingerprint density at radius 1 is 1.52 bits per heavy atom. The van der Waals surface area contributed by atoms with E-state index in [-0.39, 0.29) is 23.8 Å². The van der Waals surface area contributed by atoms with Crippen molar-refractivity contribution in [2.24, 2.45) is 11.8 Å². The van der Waals surface area contributed by atoms with Crippen LogP contribution in [0.1, 0.15) is 12.6 Å². The van der Waals surface area contributed by atoms with E-state index >= 15 is 0 Å². The molecule has 0 unspecified atom stereocenters. The van der Waals surface area contributed by atoms with Gasteiger partial charge in [-0.1, -0.05) is 12.2 Å². The molecule has 1 spiro atoms. The van der Waals surface area contributed by atoms with Gasteiger partial charge >= 0.3 is 0 Å². The smallest absolute Gasteiger partial charge is 0.230 e. The van der Waals surface area contributed by atoms with Gasteiger partial charge in [0.05, 0.1) is 36.7 Å². The minimum absolute atomic E-state index is 0.0829. The quantitative estimate of drug-likeness (QED) is 0.641. The molecule has 0 saturated carbocycles. The third-order valence-corrected chi connectivity index (χ3v) is 5.56. The molecule has 9 nitrogen and oxygen atoms in total. The number of likely N-dealkylation sites (tertiary alicyclic amines) is 1. The number of ether oxygens (including phenoxy) is 1. The molecule has 1 aromatic rings. The number of aromatic amines is 1. The van der Waals surface area contributed by atoms with Crippen molar-refractivity contribution in [2.75, 3.05) is 26.7 Å². The van der Waals surface area contributed by atoms with Crippen LogP contribution in [0.5, 0.6) is 0 Å². The number of rotatable bonds is 6. The highest BCUT2D eigenvalue weighted by atomic mass is 16.5. The number of aromatic nitrogens is 2. The van der Waals surface area contributed by atoms with E-state index in [0.717, 1.165) is 5.69 Å². The molecule has 1 aromatic heterocycles. The lowest BCUT2D eigenvalue weighted by Gasteiger charge is -2.27. The normalized spacial score (nSPS) is 30.7. The number of carbonyl (C=O) groups is 3. The van der Waals surface area contributed by atoms with Crippen molar-refractivity contribution in [2.45, 2.75) is 25.2 Å². The maximum absolute atomic E-state index is 13.1. The summed E-state index contributed by atoms with van der Waals surface area (Å²) < 4.78 is 6.10. The van der Waals surface area contributed by atoms with Gasteiger partial charge in [0.2, 0.25) is 17.7 Å². The first-order chi connectivity index (χ1) is 12.9. The number of hydrogen-bond donors (Lipinski definition) is 2. The Morgan fingerprint density at radius 2 is 2.33 bits per heavy atom. The Bertz CT molecular complexity index is 792. The molecular weight excluding hydrogens is 350 g/mol. The van der Waals surface area contributed by atoms with E-state index in [1.165, 1.54) is 6.92 Å². The van der Waals surface area contributed by atoms with Crippen LogP contribution < -0.4 is 5.32 Å². The molecule has 4 atom stereocenters. The van der Waals surface area contributed by atoms with E-state index in [1.54, 1.807) is 23.0 Å². The third-order valence-electron chi connectivity index (χ3n) is 5.56. The van der Waals surface area contributed by atoms with Crippen molar-refractivity contribution in [3.63, 3.8) is 0 Å². The van der Waals surface area contributed by atoms with Crippen molar-refractivity contribution in [3.05, 3.63) is 30.1 Å². The topological polar surface area (TPSA) is 108 Å². The summed E-state index contributed by atoms with van der Waals surface area (Å²) in [6, 6.07) is 1.81. The maximum atomic E-state index is 13.1. The minimum atomic E-state index is -0.729. The first-order valence-corrected chi connectivity index (χ1v) is 9.05. The monoisotopic (exact) mass is 373 g/mol. The van der Waals surface area contributed by atoms with Crippen molar-refractivity contribution in [3.8, 4) is 0 Å². The van der Waals surface area contributed by atoms with Crippen LogP contribution in [0, 0.1) is 11.8 Å². The molecule has 0 radical (unpaired) electrons. The van der Waals surface area contributed by atoms with Crippen LogP contribution in [-0.4, -0.2) is 76.1 Å². The lowest BCUT2D eigenvalue weighted by Crippen LogP contribution is -2.44. The lowest BCUT2D eigenvalue weighted by atomic mass is 9.76. The van der Waals surface area contributed by atoms with Crippen LogP contribution in [0.4, 0.5) is 0 Å². The Balaban J connectivity index is 1.48. The highest BCUT2D eigenvalue weighted by Crippen LogP contribution is 2.52. The zero-order valence-corrected chi connectivity index (χ0v) is 15.3. The first-order valence-electron chi connectivity index (χ1n) is 9.05. The van der Waals surface area contributed by atoms with E-state index in [9.17, 15) is 14.4 Å². The zero-order chi connectivity index (χ0) is 19.2. The Kier molecular flexibility index (Phi) is 4.26. The van der Waals surface area contributed by atoms with Crippen LogP contribution in [0.15, 0.2) is 24.4 Å². The number of nitrogens with one attached hydrogen (secondary N) is 2. The van der Waals surface area contributed by atoms with Crippen molar-refractivity contribution >= 4 is 17.7 Å². The number of amides is 3. The van der Waals surface area contributed by atoms with E-state index in [2.05, 4.69) is 15.5 Å². The Hall–Kier alpha value is -2.68. The van der Waals surface area contributed by atoms with Gasteiger partial charge < -0.3 is 19.9 Å². The summed E-state index contributed by atoms with van der Waals surface area (Å²) in [5, 5.41) is 9.44. The predicted molar refractivity (Wildman–Crippen MR) is 94.0 cm³/mol. The second-order valence-corrected chi connectivity index (χ2v) is 7.42. The second kappa shape index (κ2) is 6.49. The van der Waals surface area contributed by atoms with Gasteiger partial charge in [0.1, 0.15) is 5.60 Å². The fourth-order valence-electron chi connectivity index (χ4n) is 4.38. The fourth-order valence-corrected chi connectivity index (χ4v) is 4.38. The molecule has 9 heteroatoms. The molecule has 0 aromatic carbocycles. The van der Waals surface area contributed by atoms with Gasteiger partial charge in [-0.15, -0.1) is 0 Å². The van der Waals surface area contributed by atoms with E-state index < -0.39 is 17.4 Å². The summed E-state index contributed by atoms with van der Waals surface area (Å²) in [6.45, 7) is 3.04. The van der Waals surface area contributed by atoms with Crippen molar-refractivity contribution in [1.82, 2.24) is 25.3 Å². The van der Waals surface area contributed by atoms with Gasteiger partial charge in [-0.2, -0.15) is 5.10 Å². The number of fused-ring (bicyclic) bond motifs is 1. The molecule has 2 N–H and O–H groups in total. The standard InChI is InChI=1S/C18H23N5O4/c1-11(24)19-7-8-23-10-18-5-3-13(27-18)14(15(18)17(23)26)16(25)22(2)9-12-4-6-20-21-12/h3-6,13-15H,7-10H2,1-2H3,(H,19,24)(H,20,21)/t13-,14-,15-,18-/m0/s1. The highest BCUT2D eigenvalue weighted by molar-refractivity contribution is 5.93. The average molecular weight is 373 g/mol. The number of H-pyrrole nitrogens is 1. The van der Waals surface area contributed by atoms with Gasteiger partial charge in [-0.25, -0.2) is 0 Å². The molecule has 4 heterocycles. The Labute approximate surface area is 156 Å². The zero-order valence-electron chi connectivity index (χ0n) is 15.3. The largest absolute Gasteiger partial charge is 0.360 e. The van der Waals surface area contributed by atoms with E-state index in [0.29, 0.717) is 26.2 Å². The summed E-state index contributed by atoms with van der Waals surface area (Å²) in [4.78, 5) is 40.5. The minimum Gasteiger partial charge on any atom is -0.360 e. The van der Waals surface area contributed by atoms with Crippen molar-refractivity contribution in [1.29, 1.82) is 0 Å². The van der Waals surface area contributed by atoms with Gasteiger partial charge in [0.25, 0.3) is 0 Å². The van der Waals surface area contributed by atoms with Crippen LogP contribution in [0.25, 0.3) is 0 Å². The van der Waals surface area contributed by atoms with E-state index in [1.807, 2.05) is 18.2 Å². The van der Waals surface area contributed by atoms with Gasteiger partial charge in [0, 0.05) is 33.3 Å². The van der Waals surface area contributed by atoms with Gasteiger partial charge in [-0.05, 0) is 6.07 Å². The SMILES string of the molecule is CC(=O)NCCN1C[C@]23C=C[C@H](O2)[C@H](C(=O)N(C)Cc2ccn[nH]2)[C@H]3C1=O. The van der Waals surface area contributed by atoms with Crippen LogP contribution in [0.2, 0.25) is 0 Å². The molecule has 2 saturated heterocycles. The van der Waals surface area contributed by atoms with Crippen LogP contribution in [0.3, 0.4) is 0 Å². The fraction of sp³-hybridized carbons (Fsp3) is 0.556. The van der Waals surface area contributed by atoms with E-state index in [4.69, 9.17) is 4.74 Å². The summed E-state index contributed by atoms with van der Waals surface area (Å²) in [7, 11) is 1.72. The van der Waals surface area contributed by atoms with Crippen LogP contribution in [-0.2, 0) is 25.7 Å². The molecule has 2 fully saturated rings. The summed E-state index contributed by atoms with van der Waals surface area (Å²) in [6.07, 6.45) is 5.10. The van der Waals surface area contributed by atoms with Crippen LogP contribution >= 0.6 is 0 Å². The number of carbonyl (C=O) groups excluding carboxylic acids is 3. The molecule has 3 aliphatic heterocycles. The molecule has 3 aliphatic rings. The number of nitrogens with zero attached hydrogens (tertiary/aromatic N) is 3. The molecule has 2 bridgehead atoms. The predicted octanol–water partition coefficient (Wildman–Crippen LogP) is -0.714. The van der Waals surface area contributed by atoms with Gasteiger partial charge in [-0.3, -0.25) is 19.5 Å². The second-order valence-electron chi connectivity index (χ2n) is 7.42. The number of hydrogen-bond acceptors (Lipinski definition) is 5. The summed E-state index contributed by atoms with van der Waals surface area (Å²) in [5.74, 6) is -1.36. The molecule has 4 rings (SSSR count). The molecule has 0 aliphatic carbocycles. The summed E-state index contributed by atoms with van der Waals surface area (Å²) >= 11 is 0. The lowest BCUT2D eigenvalue weighted by molar-refractivity contribution is -0.142. The molecule has 27 heavy (non-hydrogen) atoms. The molecule has 144 valence electrons.